The van der Waals surface area contributed by atoms with E-state index in [4.69, 9.17) is 4.99 Å². The number of nitrogens with one attached hydrogen (secondary N) is 2. The summed E-state index contributed by atoms with van der Waals surface area (Å²) in [5.74, 6) is 0.771. The minimum absolute atomic E-state index is 0. The Balaban J connectivity index is 0.00000288. The van der Waals surface area contributed by atoms with Gasteiger partial charge in [0, 0.05) is 86.1 Å². The van der Waals surface area contributed by atoms with Gasteiger partial charge in [0.05, 0.1) is 5.69 Å². The molecule has 2 fully saturated rings. The number of nitrogens with zero attached hydrogens (tertiary/aromatic N) is 4. The summed E-state index contributed by atoms with van der Waals surface area (Å²) >= 11 is 0. The fraction of sp³-hybridized carbons (Fsp3) is 0.421. The standard InChI is InChI=1S/C37H47FN6.CH4.H2O.V.H2/c1-7-28-21-33(32(8-2)25(4)40-9-3)26(5)44(24-30-17-18-39-23-34(30)29-13-14-29)37(28)42-27(6)41-31-15-16-36(35(38)22-31)43-19-11-10-12-20-43;;;;/h7,15-18,21-23,29,40-41H,5-6,8-14,19-20,24H2,1-4H3;1H4;1H2;;1H/b28-7-,32-25+,42-37+;;;;. The Morgan fingerprint density at radius 3 is 2.49 bits per heavy atom. The van der Waals surface area contributed by atoms with Gasteiger partial charge in [0.1, 0.15) is 17.1 Å². The van der Waals surface area contributed by atoms with E-state index in [1.807, 2.05) is 31.5 Å². The van der Waals surface area contributed by atoms with Crippen LogP contribution in [0.1, 0.15) is 97.7 Å². The molecule has 1 radical (unpaired) electrons. The van der Waals surface area contributed by atoms with Crippen LogP contribution in [0.15, 0.2) is 65.8 Å². The maximum absolute atomic E-state index is 15.2. The summed E-state index contributed by atoms with van der Waals surface area (Å²) in [6.07, 6.45) is 12.6. The Labute approximate surface area is 293 Å². The third-order valence-corrected chi connectivity index (χ3v) is 8.80. The average Bonchev–Trinajstić information content (AvgIpc) is 3.87. The van der Waals surface area contributed by atoms with Crippen LogP contribution in [0.2, 0.25) is 0 Å². The molecule has 255 valence electrons. The van der Waals surface area contributed by atoms with E-state index in [-0.39, 0.29) is 38.7 Å². The first-order valence-corrected chi connectivity index (χ1v) is 16.2. The maximum Gasteiger partial charge on any atom is 0.148 e. The largest absolute Gasteiger partial charge is 0.412 e. The summed E-state index contributed by atoms with van der Waals surface area (Å²) in [4.78, 5) is 11.6. The molecular formula is C38H55FN6OV. The van der Waals surface area contributed by atoms with E-state index < -0.39 is 0 Å². The zero-order valence-electron chi connectivity index (χ0n) is 27.8. The van der Waals surface area contributed by atoms with Crippen LogP contribution in [0, 0.1) is 5.82 Å². The van der Waals surface area contributed by atoms with Crippen molar-refractivity contribution in [1.29, 1.82) is 0 Å². The summed E-state index contributed by atoms with van der Waals surface area (Å²) in [5, 5.41) is 8.64. The molecule has 1 saturated carbocycles. The molecule has 3 aromatic rings. The van der Waals surface area contributed by atoms with Crippen molar-refractivity contribution in [1.82, 2.24) is 14.9 Å². The van der Waals surface area contributed by atoms with Crippen LogP contribution in [0.4, 0.5) is 15.8 Å². The molecule has 7 nitrogen and oxygen atoms in total. The predicted molar refractivity (Wildman–Crippen MR) is 194 cm³/mol. The van der Waals surface area contributed by atoms with Crippen LogP contribution in [0.5, 0.6) is 0 Å². The quantitative estimate of drug-likeness (QED) is 0.244. The van der Waals surface area contributed by atoms with Crippen LogP contribution in [0.3, 0.4) is 0 Å². The van der Waals surface area contributed by atoms with E-state index in [2.05, 4.69) is 77.2 Å². The van der Waals surface area contributed by atoms with Crippen LogP contribution >= 0.6 is 0 Å². The van der Waals surface area contributed by atoms with E-state index in [1.165, 1.54) is 36.0 Å². The van der Waals surface area contributed by atoms with Crippen molar-refractivity contribution in [2.75, 3.05) is 29.9 Å². The summed E-state index contributed by atoms with van der Waals surface area (Å²) in [6.45, 7) is 20.6. The van der Waals surface area contributed by atoms with Crippen molar-refractivity contribution in [3.05, 3.63) is 99.4 Å². The normalized spacial score (nSPS) is 15.6. The molecule has 0 atom stereocenters. The molecule has 1 aromatic carbocycles. The number of piperidine rings is 1. The van der Waals surface area contributed by atoms with Gasteiger partial charge in [-0.25, -0.2) is 9.38 Å². The zero-order chi connectivity index (χ0) is 31.2. The Bertz CT molecular complexity index is 1740. The fourth-order valence-electron chi connectivity index (χ4n) is 6.34. The summed E-state index contributed by atoms with van der Waals surface area (Å²) in [7, 11) is 0. The number of pyridine rings is 2. The number of aromatic nitrogens is 2. The van der Waals surface area contributed by atoms with Gasteiger partial charge in [0.25, 0.3) is 0 Å². The van der Waals surface area contributed by atoms with Crippen molar-refractivity contribution in [2.24, 2.45) is 4.99 Å². The van der Waals surface area contributed by atoms with E-state index >= 15 is 4.39 Å². The average molecular weight is 682 g/mol. The second kappa shape index (κ2) is 18.1. The molecule has 1 saturated heterocycles. The van der Waals surface area contributed by atoms with Gasteiger partial charge < -0.3 is 25.6 Å². The van der Waals surface area contributed by atoms with Crippen LogP contribution in [-0.4, -0.2) is 34.7 Å². The molecule has 0 unspecified atom stereocenters. The molecule has 1 aliphatic heterocycles. The molecule has 2 aliphatic rings. The molecule has 9 heteroatoms. The van der Waals surface area contributed by atoms with Gasteiger partial charge in [-0.05, 0) is 112 Å². The first kappa shape index (κ1) is 39.6. The van der Waals surface area contributed by atoms with Gasteiger partial charge in [-0.3, -0.25) is 4.98 Å². The summed E-state index contributed by atoms with van der Waals surface area (Å²) in [6, 6.07) is 9.62. The maximum atomic E-state index is 15.2. The van der Waals surface area contributed by atoms with Crippen LogP contribution < -0.4 is 31.6 Å². The second-order valence-corrected chi connectivity index (χ2v) is 11.9. The molecule has 0 spiro atoms. The smallest absolute Gasteiger partial charge is 0.148 e. The molecule has 47 heavy (non-hydrogen) atoms. The van der Waals surface area contributed by atoms with Crippen LogP contribution in [-0.2, 0) is 25.1 Å². The topological polar surface area (TPSA) is 89.0 Å². The first-order valence-electron chi connectivity index (χ1n) is 16.2. The molecular weight excluding hydrogens is 626 g/mol. The fourth-order valence-corrected chi connectivity index (χ4v) is 6.34. The molecule has 2 aromatic heterocycles. The van der Waals surface area contributed by atoms with Crippen molar-refractivity contribution >= 4 is 29.6 Å². The summed E-state index contributed by atoms with van der Waals surface area (Å²) in [5.41, 5.74) is 8.07. The minimum atomic E-state index is -0.230. The van der Waals surface area contributed by atoms with Gasteiger partial charge in [-0.2, -0.15) is 0 Å². The Hall–Kier alpha value is -3.59. The van der Waals surface area contributed by atoms with Gasteiger partial charge in [0.2, 0.25) is 0 Å². The monoisotopic (exact) mass is 681 g/mol. The summed E-state index contributed by atoms with van der Waals surface area (Å²) < 4.78 is 17.4. The van der Waals surface area contributed by atoms with Gasteiger partial charge in [0.15, 0.2) is 0 Å². The van der Waals surface area contributed by atoms with Crippen molar-refractivity contribution in [2.45, 2.75) is 86.1 Å². The molecule has 1 aliphatic carbocycles. The van der Waals surface area contributed by atoms with Gasteiger partial charge in [-0.1, -0.05) is 33.6 Å². The SMILES string of the molecule is C.C=C(/N=c1\c(=C/C)cc(/C(CC)=C(\C)NCC)c(=C)n1Cc1ccncc1C1CC1)Nc1ccc(N2CCCCC2)c(F)c1.O.[HH].[V]. The molecule has 0 amide bonds. The Morgan fingerprint density at radius 2 is 1.87 bits per heavy atom. The third kappa shape index (κ3) is 9.28. The minimum Gasteiger partial charge on any atom is -0.412 e. The van der Waals surface area contributed by atoms with E-state index in [0.29, 0.717) is 29.7 Å². The number of benzene rings is 1. The molecule has 4 N–H and O–H groups in total. The Morgan fingerprint density at radius 1 is 1.15 bits per heavy atom. The number of hydrogen-bond donors (Lipinski definition) is 2. The molecule has 5 rings (SSSR count). The van der Waals surface area contributed by atoms with E-state index in [1.54, 1.807) is 6.07 Å². The van der Waals surface area contributed by atoms with Crippen LogP contribution in [0.25, 0.3) is 18.2 Å². The zero-order valence-corrected chi connectivity index (χ0v) is 29.2. The van der Waals surface area contributed by atoms with E-state index in [9.17, 15) is 0 Å². The molecule has 0 bridgehead atoms. The third-order valence-electron chi connectivity index (χ3n) is 8.80. The number of anilines is 2. The predicted octanol–water partition coefficient (Wildman–Crippen LogP) is 6.44. The molecule has 3 heterocycles. The van der Waals surface area contributed by atoms with E-state index in [0.717, 1.165) is 66.2 Å². The number of halogens is 1. The number of allylic oxidation sites excluding steroid dienone is 2. The van der Waals surface area contributed by atoms with Crippen molar-refractivity contribution in [3.63, 3.8) is 0 Å². The Kier molecular flexibility index (Phi) is 15.2. The number of rotatable bonds is 11. The van der Waals surface area contributed by atoms with Crippen molar-refractivity contribution in [3.8, 4) is 0 Å². The van der Waals surface area contributed by atoms with Crippen molar-refractivity contribution < 1.29 is 29.8 Å². The first-order chi connectivity index (χ1) is 21.3. The van der Waals surface area contributed by atoms with Gasteiger partial charge in [-0.15, -0.1) is 0 Å². The second-order valence-electron chi connectivity index (χ2n) is 11.9. The number of hydrogen-bond acceptors (Lipinski definition) is 5. The van der Waals surface area contributed by atoms with Gasteiger partial charge >= 0.3 is 0 Å².